The maximum Gasteiger partial charge on any atom is 0.414 e. The lowest BCUT2D eigenvalue weighted by molar-refractivity contribution is -0.0610. The molecule has 0 aromatic heterocycles. The van der Waals surface area contributed by atoms with Gasteiger partial charge in [-0.2, -0.15) is 0 Å². The number of carboxylic acids is 1. The van der Waals surface area contributed by atoms with Gasteiger partial charge in [-0.3, -0.25) is 4.90 Å². The molecule has 5 nitrogen and oxygen atoms in total. The standard InChI is InChI=1S/C14H15NO4/c16-12(17)10-2-4-11(5-3-10)15-9-8-14(6-1-7-14)19-13(15)18/h2-5H,1,6-9H2,(H,16,17). The molecule has 1 aromatic carbocycles. The summed E-state index contributed by atoms with van der Waals surface area (Å²) in [4.78, 5) is 24.4. The molecule has 0 radical (unpaired) electrons. The van der Waals surface area contributed by atoms with Crippen LogP contribution in [0.2, 0.25) is 0 Å². The van der Waals surface area contributed by atoms with E-state index in [2.05, 4.69) is 0 Å². The van der Waals surface area contributed by atoms with Crippen LogP contribution in [0.5, 0.6) is 0 Å². The number of aromatic carboxylic acids is 1. The Morgan fingerprint density at radius 2 is 1.89 bits per heavy atom. The summed E-state index contributed by atoms with van der Waals surface area (Å²) in [6.45, 7) is 0.630. The third-order valence-electron chi connectivity index (χ3n) is 4.01. The molecule has 1 saturated heterocycles. The number of benzene rings is 1. The summed E-state index contributed by atoms with van der Waals surface area (Å²) < 4.78 is 5.53. The van der Waals surface area contributed by atoms with Crippen LogP contribution in [0, 0.1) is 0 Å². The minimum atomic E-state index is -0.971. The van der Waals surface area contributed by atoms with Gasteiger partial charge in [0.05, 0.1) is 5.56 Å². The van der Waals surface area contributed by atoms with Gasteiger partial charge in [0.15, 0.2) is 0 Å². The molecule has 1 aromatic rings. The van der Waals surface area contributed by atoms with E-state index in [1.54, 1.807) is 17.0 Å². The minimum Gasteiger partial charge on any atom is -0.478 e. The van der Waals surface area contributed by atoms with Crippen LogP contribution in [-0.4, -0.2) is 29.3 Å². The molecule has 100 valence electrons. The van der Waals surface area contributed by atoms with Gasteiger partial charge in [0.1, 0.15) is 5.60 Å². The van der Waals surface area contributed by atoms with Gasteiger partial charge in [0.2, 0.25) is 0 Å². The molecule has 1 amide bonds. The van der Waals surface area contributed by atoms with Crippen molar-refractivity contribution in [3.63, 3.8) is 0 Å². The van der Waals surface area contributed by atoms with Crippen LogP contribution in [0.25, 0.3) is 0 Å². The fourth-order valence-corrected chi connectivity index (χ4v) is 2.64. The number of nitrogens with zero attached hydrogens (tertiary/aromatic N) is 1. The van der Waals surface area contributed by atoms with E-state index < -0.39 is 5.97 Å². The second-order valence-corrected chi connectivity index (χ2v) is 5.16. The predicted octanol–water partition coefficient (Wildman–Crippen LogP) is 2.65. The molecule has 0 atom stereocenters. The topological polar surface area (TPSA) is 66.8 Å². The van der Waals surface area contributed by atoms with Crippen molar-refractivity contribution in [2.75, 3.05) is 11.4 Å². The zero-order chi connectivity index (χ0) is 13.5. The van der Waals surface area contributed by atoms with E-state index in [4.69, 9.17) is 9.84 Å². The molecule has 5 heteroatoms. The Morgan fingerprint density at radius 3 is 2.37 bits per heavy atom. The summed E-state index contributed by atoms with van der Waals surface area (Å²) in [5.41, 5.74) is 0.683. The van der Waals surface area contributed by atoms with Gasteiger partial charge in [-0.1, -0.05) is 0 Å². The highest BCUT2D eigenvalue weighted by Crippen LogP contribution is 2.42. The van der Waals surface area contributed by atoms with Crippen LogP contribution in [0.4, 0.5) is 10.5 Å². The molecule has 3 rings (SSSR count). The lowest BCUT2D eigenvalue weighted by atomic mass is 9.77. The Hall–Kier alpha value is -2.04. The van der Waals surface area contributed by atoms with Gasteiger partial charge >= 0.3 is 12.1 Å². The number of amides is 1. The van der Waals surface area contributed by atoms with Crippen molar-refractivity contribution in [3.05, 3.63) is 29.8 Å². The highest BCUT2D eigenvalue weighted by molar-refractivity contribution is 5.91. The average Bonchev–Trinajstić information content (AvgIpc) is 2.37. The first-order valence-electron chi connectivity index (χ1n) is 6.44. The quantitative estimate of drug-likeness (QED) is 0.888. The van der Waals surface area contributed by atoms with Crippen LogP contribution >= 0.6 is 0 Å². The van der Waals surface area contributed by atoms with Crippen molar-refractivity contribution < 1.29 is 19.4 Å². The fraction of sp³-hybridized carbons (Fsp3) is 0.429. The SMILES string of the molecule is O=C(O)c1ccc(N2CCC3(CCC3)OC2=O)cc1. The minimum absolute atomic E-state index is 0.213. The maximum absolute atomic E-state index is 12.0. The summed E-state index contributed by atoms with van der Waals surface area (Å²) in [6.07, 6.45) is 3.57. The molecule has 0 unspecified atom stereocenters. The van der Waals surface area contributed by atoms with E-state index in [1.165, 1.54) is 12.1 Å². The van der Waals surface area contributed by atoms with Crippen molar-refractivity contribution in [3.8, 4) is 0 Å². The van der Waals surface area contributed by atoms with Gasteiger partial charge in [0.25, 0.3) is 0 Å². The van der Waals surface area contributed by atoms with E-state index in [9.17, 15) is 9.59 Å². The van der Waals surface area contributed by atoms with Crippen molar-refractivity contribution in [2.45, 2.75) is 31.3 Å². The third-order valence-corrected chi connectivity index (χ3v) is 4.01. The molecule has 19 heavy (non-hydrogen) atoms. The van der Waals surface area contributed by atoms with Crippen LogP contribution in [0.3, 0.4) is 0 Å². The summed E-state index contributed by atoms with van der Waals surface area (Å²) in [5, 5.41) is 8.84. The molecule has 1 spiro atoms. The first-order chi connectivity index (χ1) is 9.10. The van der Waals surface area contributed by atoms with Gasteiger partial charge in [-0.15, -0.1) is 0 Å². The molecule has 0 bridgehead atoms. The van der Waals surface area contributed by atoms with E-state index in [-0.39, 0.29) is 17.3 Å². The molecule has 2 aliphatic rings. The molecule has 1 saturated carbocycles. The number of carbonyl (C=O) groups excluding carboxylic acids is 1. The van der Waals surface area contributed by atoms with Crippen LogP contribution in [0.1, 0.15) is 36.0 Å². The Balaban J connectivity index is 1.75. The second-order valence-electron chi connectivity index (χ2n) is 5.16. The van der Waals surface area contributed by atoms with Crippen molar-refractivity contribution in [1.29, 1.82) is 0 Å². The molecular weight excluding hydrogens is 246 g/mol. The molecule has 1 aliphatic carbocycles. The molecule has 1 heterocycles. The Bertz CT molecular complexity index is 519. The highest BCUT2D eigenvalue weighted by Gasteiger charge is 2.45. The van der Waals surface area contributed by atoms with Crippen molar-refractivity contribution in [1.82, 2.24) is 0 Å². The number of rotatable bonds is 2. The predicted molar refractivity (Wildman–Crippen MR) is 68.4 cm³/mol. The zero-order valence-electron chi connectivity index (χ0n) is 10.5. The summed E-state index contributed by atoms with van der Waals surface area (Å²) >= 11 is 0. The van der Waals surface area contributed by atoms with Crippen LogP contribution in [0.15, 0.2) is 24.3 Å². The smallest absolute Gasteiger partial charge is 0.414 e. The Kier molecular flexibility index (Phi) is 2.69. The Morgan fingerprint density at radius 1 is 1.21 bits per heavy atom. The van der Waals surface area contributed by atoms with Gasteiger partial charge in [-0.05, 0) is 43.5 Å². The second kappa shape index (κ2) is 4.26. The first kappa shape index (κ1) is 12.0. The van der Waals surface area contributed by atoms with E-state index >= 15 is 0 Å². The molecular formula is C14H15NO4. The molecule has 2 fully saturated rings. The monoisotopic (exact) mass is 261 g/mol. The number of carbonyl (C=O) groups is 2. The summed E-state index contributed by atoms with van der Waals surface area (Å²) in [5.74, 6) is -0.971. The lowest BCUT2D eigenvalue weighted by Gasteiger charge is -2.46. The van der Waals surface area contributed by atoms with Gasteiger partial charge in [0, 0.05) is 18.7 Å². The number of carboxylic acid groups (broad SMARTS) is 1. The number of ether oxygens (including phenoxy) is 1. The summed E-state index contributed by atoms with van der Waals surface area (Å²) in [6, 6.07) is 6.28. The zero-order valence-corrected chi connectivity index (χ0v) is 10.5. The van der Waals surface area contributed by atoms with E-state index in [1.807, 2.05) is 0 Å². The average molecular weight is 261 g/mol. The number of anilines is 1. The highest BCUT2D eigenvalue weighted by atomic mass is 16.6. The fourth-order valence-electron chi connectivity index (χ4n) is 2.64. The third kappa shape index (κ3) is 2.05. The number of hydrogen-bond acceptors (Lipinski definition) is 3. The van der Waals surface area contributed by atoms with E-state index in [0.717, 1.165) is 25.7 Å². The first-order valence-corrected chi connectivity index (χ1v) is 6.44. The normalized spacial score (nSPS) is 20.8. The van der Waals surface area contributed by atoms with Crippen LogP contribution in [-0.2, 0) is 4.74 Å². The van der Waals surface area contributed by atoms with Crippen molar-refractivity contribution >= 4 is 17.7 Å². The van der Waals surface area contributed by atoms with E-state index in [0.29, 0.717) is 12.2 Å². The van der Waals surface area contributed by atoms with Crippen LogP contribution < -0.4 is 4.90 Å². The van der Waals surface area contributed by atoms with Gasteiger partial charge < -0.3 is 9.84 Å². The summed E-state index contributed by atoms with van der Waals surface area (Å²) in [7, 11) is 0. The number of hydrogen-bond donors (Lipinski definition) is 1. The largest absolute Gasteiger partial charge is 0.478 e. The lowest BCUT2D eigenvalue weighted by Crippen LogP contribution is -2.53. The molecule has 1 aliphatic heterocycles. The Labute approximate surface area is 110 Å². The van der Waals surface area contributed by atoms with Gasteiger partial charge in [-0.25, -0.2) is 9.59 Å². The molecule has 1 N–H and O–H groups in total. The maximum atomic E-state index is 12.0. The van der Waals surface area contributed by atoms with Crippen molar-refractivity contribution in [2.24, 2.45) is 0 Å².